The molecule has 39 heavy (non-hydrogen) atoms. The molecule has 6 heteroatoms. The zero-order valence-electron chi connectivity index (χ0n) is 20.3. The van der Waals surface area contributed by atoms with Gasteiger partial charge in [-0.3, -0.25) is 0 Å². The van der Waals surface area contributed by atoms with Gasteiger partial charge in [0.2, 0.25) is 0 Å². The van der Waals surface area contributed by atoms with Gasteiger partial charge in [-0.15, -0.1) is 45.3 Å². The van der Waals surface area contributed by atoms with Crippen LogP contribution in [0.4, 0.5) is 0 Å². The molecule has 0 unspecified atom stereocenters. The number of nitriles is 2. The van der Waals surface area contributed by atoms with E-state index in [0.717, 1.165) is 45.4 Å². The van der Waals surface area contributed by atoms with Gasteiger partial charge in [-0.25, -0.2) is 0 Å². The first-order valence-electron chi connectivity index (χ1n) is 12.4. The van der Waals surface area contributed by atoms with Crippen molar-refractivity contribution in [2.24, 2.45) is 0 Å². The minimum atomic E-state index is 0.156. The van der Waals surface area contributed by atoms with Crippen molar-refractivity contribution in [1.82, 2.24) is 0 Å². The third kappa shape index (κ3) is 3.47. The largest absolute Gasteiger partial charge is 0.192 e. The monoisotopic (exact) mass is 568 g/mol. The van der Waals surface area contributed by atoms with E-state index >= 15 is 0 Å². The highest BCUT2D eigenvalue weighted by Gasteiger charge is 2.28. The predicted molar refractivity (Wildman–Crippen MR) is 165 cm³/mol. The summed E-state index contributed by atoms with van der Waals surface area (Å²) in [6, 6.07) is 30.3. The summed E-state index contributed by atoms with van der Waals surface area (Å²) in [7, 11) is 0. The lowest BCUT2D eigenvalue weighted by atomic mass is 9.96. The Kier molecular flexibility index (Phi) is 5.13. The van der Waals surface area contributed by atoms with Crippen molar-refractivity contribution < 1.29 is 0 Å². The third-order valence-electron chi connectivity index (χ3n) is 7.42. The van der Waals surface area contributed by atoms with Gasteiger partial charge in [0.25, 0.3) is 0 Å². The van der Waals surface area contributed by atoms with Crippen LogP contribution in [0.15, 0.2) is 89.1 Å². The van der Waals surface area contributed by atoms with Gasteiger partial charge in [-0.05, 0) is 97.7 Å². The number of nitrogens with zero attached hydrogens (tertiary/aromatic N) is 2. The van der Waals surface area contributed by atoms with Gasteiger partial charge in [-0.1, -0.05) is 30.3 Å². The number of allylic oxidation sites excluding steroid dienone is 1. The Balaban J connectivity index is 1.21. The smallest absolute Gasteiger partial charge is 0.138 e. The van der Waals surface area contributed by atoms with E-state index < -0.39 is 0 Å². The number of benzene rings is 2. The second-order valence-corrected chi connectivity index (χ2v) is 13.6. The van der Waals surface area contributed by atoms with E-state index in [9.17, 15) is 10.5 Å². The predicted octanol–water partition coefficient (Wildman–Crippen LogP) is 10.3. The lowest BCUT2D eigenvalue weighted by Gasteiger charge is -2.06. The van der Waals surface area contributed by atoms with E-state index in [1.807, 2.05) is 28.7 Å². The molecular weight excluding hydrogens is 553 g/mol. The lowest BCUT2D eigenvalue weighted by Crippen LogP contribution is -1.88. The summed E-state index contributed by atoms with van der Waals surface area (Å²) in [5.74, 6) is 0. The molecule has 2 aliphatic carbocycles. The van der Waals surface area contributed by atoms with Crippen molar-refractivity contribution in [2.45, 2.75) is 6.42 Å². The fraction of sp³-hybridized carbons (Fsp3) is 0.0303. The first kappa shape index (κ1) is 22.9. The average Bonchev–Trinajstić information content (AvgIpc) is 3.78. The van der Waals surface area contributed by atoms with Crippen LogP contribution in [0.3, 0.4) is 0 Å². The van der Waals surface area contributed by atoms with Gasteiger partial charge >= 0.3 is 0 Å². The zero-order valence-corrected chi connectivity index (χ0v) is 23.6. The Labute approximate surface area is 241 Å². The highest BCUT2D eigenvalue weighted by Crippen LogP contribution is 2.51. The SMILES string of the molecule is N#CC(C#N)=C1c2cc(-c3cccs3)ccc2-c2ccc(-c3ccc(-c4cc5c(s4)-c4sccc4C5)s3)cc21. The number of hydrogen-bond acceptors (Lipinski definition) is 6. The first-order chi connectivity index (χ1) is 19.2. The molecule has 0 radical (unpaired) electrons. The van der Waals surface area contributed by atoms with Crippen LogP contribution in [-0.2, 0) is 6.42 Å². The average molecular weight is 569 g/mol. The molecule has 0 aliphatic heterocycles. The third-order valence-corrected chi connectivity index (χ3v) is 12.0. The van der Waals surface area contributed by atoms with E-state index in [-0.39, 0.29) is 5.57 Å². The zero-order chi connectivity index (χ0) is 26.1. The van der Waals surface area contributed by atoms with Gasteiger partial charge in [-0.2, -0.15) is 10.5 Å². The number of rotatable bonds is 3. The summed E-state index contributed by atoms with van der Waals surface area (Å²) in [6.45, 7) is 0. The molecule has 2 aliphatic rings. The van der Waals surface area contributed by atoms with Gasteiger partial charge < -0.3 is 0 Å². The second kappa shape index (κ2) is 8.74. The van der Waals surface area contributed by atoms with Gasteiger partial charge in [0.1, 0.15) is 17.7 Å². The molecule has 182 valence electrons. The first-order valence-corrected chi connectivity index (χ1v) is 15.8. The van der Waals surface area contributed by atoms with Crippen LogP contribution in [0, 0.1) is 22.7 Å². The van der Waals surface area contributed by atoms with Crippen molar-refractivity contribution in [3.63, 3.8) is 0 Å². The van der Waals surface area contributed by atoms with Crippen LogP contribution in [0.2, 0.25) is 0 Å². The van der Waals surface area contributed by atoms with Crippen molar-refractivity contribution in [3.8, 4) is 63.7 Å². The fourth-order valence-electron chi connectivity index (χ4n) is 5.65. The Morgan fingerprint density at radius 1 is 0.590 bits per heavy atom. The highest BCUT2D eigenvalue weighted by molar-refractivity contribution is 7.27. The molecule has 0 spiro atoms. The topological polar surface area (TPSA) is 47.6 Å². The Hall–Kier alpha value is -4.04. The van der Waals surface area contributed by atoms with E-state index in [2.05, 4.69) is 89.6 Å². The van der Waals surface area contributed by atoms with Gasteiger partial charge in [0.15, 0.2) is 0 Å². The molecule has 0 N–H and O–H groups in total. The van der Waals surface area contributed by atoms with Crippen molar-refractivity contribution in [2.75, 3.05) is 0 Å². The molecule has 0 bridgehead atoms. The molecule has 2 aromatic carbocycles. The summed E-state index contributed by atoms with van der Waals surface area (Å²) in [4.78, 5) is 7.81. The van der Waals surface area contributed by atoms with Gasteiger partial charge in [0.05, 0.1) is 0 Å². The molecule has 0 saturated heterocycles. The van der Waals surface area contributed by atoms with Crippen molar-refractivity contribution in [1.29, 1.82) is 10.5 Å². The summed E-state index contributed by atoms with van der Waals surface area (Å²) in [5, 5.41) is 24.0. The number of thiophene rings is 4. The fourth-order valence-corrected chi connectivity index (χ4v) is 9.78. The Morgan fingerprint density at radius 3 is 2.05 bits per heavy atom. The van der Waals surface area contributed by atoms with Crippen LogP contribution in [0.1, 0.15) is 22.3 Å². The molecule has 4 heterocycles. The minimum Gasteiger partial charge on any atom is -0.192 e. The quantitative estimate of drug-likeness (QED) is 0.199. The number of hydrogen-bond donors (Lipinski definition) is 0. The highest BCUT2D eigenvalue weighted by atomic mass is 32.1. The molecule has 0 saturated carbocycles. The van der Waals surface area contributed by atoms with E-state index in [4.69, 9.17) is 0 Å². The minimum absolute atomic E-state index is 0.156. The van der Waals surface area contributed by atoms with Crippen LogP contribution in [0.25, 0.3) is 57.1 Å². The maximum Gasteiger partial charge on any atom is 0.138 e. The van der Waals surface area contributed by atoms with Crippen LogP contribution < -0.4 is 0 Å². The van der Waals surface area contributed by atoms with Crippen molar-refractivity contribution in [3.05, 3.63) is 111 Å². The molecule has 8 rings (SSSR count). The Bertz CT molecular complexity index is 2050. The van der Waals surface area contributed by atoms with E-state index in [1.54, 1.807) is 22.7 Å². The lowest BCUT2D eigenvalue weighted by molar-refractivity contribution is 1.28. The maximum atomic E-state index is 9.88. The van der Waals surface area contributed by atoms with Crippen LogP contribution in [-0.4, -0.2) is 0 Å². The molecule has 0 fully saturated rings. The molecule has 0 amide bonds. The molecule has 2 nitrogen and oxygen atoms in total. The second-order valence-electron chi connectivity index (χ2n) is 9.55. The van der Waals surface area contributed by atoms with Crippen LogP contribution >= 0.6 is 45.3 Å². The van der Waals surface area contributed by atoms with Gasteiger partial charge in [0, 0.05) is 41.3 Å². The summed E-state index contributed by atoms with van der Waals surface area (Å²) >= 11 is 7.22. The summed E-state index contributed by atoms with van der Waals surface area (Å²) in [6.07, 6.45) is 1.04. The molecule has 4 aromatic heterocycles. The maximum absolute atomic E-state index is 9.88. The molecule has 0 atom stereocenters. The summed E-state index contributed by atoms with van der Waals surface area (Å²) < 4.78 is 0. The van der Waals surface area contributed by atoms with E-state index in [0.29, 0.717) is 0 Å². The van der Waals surface area contributed by atoms with Crippen molar-refractivity contribution >= 4 is 50.9 Å². The Morgan fingerprint density at radius 2 is 1.33 bits per heavy atom. The normalized spacial score (nSPS) is 12.4. The summed E-state index contributed by atoms with van der Waals surface area (Å²) in [5.41, 5.74) is 10.1. The molecule has 6 aromatic rings. The molecular formula is C33H16N2S4. The van der Waals surface area contributed by atoms with Crippen LogP contribution in [0.5, 0.6) is 0 Å². The standard InChI is InChI=1S/C33H16N2S4/c34-16-22(17-35)31-25-13-18(27-2-1-10-36-27)3-5-23(25)24-6-4-19(14-26(24)31)28-7-8-29(38-28)30-15-21-12-20-9-11-37-32(20)33(21)39-30/h1-11,13-15H,12H2. The number of fused-ring (bicyclic) bond motifs is 6. The van der Waals surface area contributed by atoms with E-state index in [1.165, 1.54) is 40.4 Å².